The number of ether oxygens (including phenoxy) is 1. The number of carbonyl (C=O) groups excluding carboxylic acids is 2. The number of nitrogens with zero attached hydrogens (tertiary/aromatic N) is 1. The van der Waals surface area contributed by atoms with Crippen LogP contribution < -0.4 is 10.6 Å². The Morgan fingerprint density at radius 1 is 1.03 bits per heavy atom. The van der Waals surface area contributed by atoms with Gasteiger partial charge in [0.05, 0.1) is 6.33 Å². The van der Waals surface area contributed by atoms with E-state index < -0.39 is 30.1 Å². The minimum atomic E-state index is -1.14. The molecule has 0 radical (unpaired) electrons. The number of carbonyl (C=O) groups is 3. The number of hydrogen-bond acceptors (Lipinski definition) is 5. The lowest BCUT2D eigenvalue weighted by Crippen LogP contribution is -2.52. The minimum Gasteiger partial charge on any atom is -0.480 e. The van der Waals surface area contributed by atoms with Crippen molar-refractivity contribution >= 4 is 18.0 Å². The van der Waals surface area contributed by atoms with Crippen LogP contribution in [0.15, 0.2) is 61.1 Å². The molecule has 176 valence electrons. The topological polar surface area (TPSA) is 133 Å². The van der Waals surface area contributed by atoms with Crippen molar-refractivity contribution in [3.8, 4) is 11.1 Å². The lowest BCUT2D eigenvalue weighted by Gasteiger charge is -2.21. The van der Waals surface area contributed by atoms with Crippen LogP contribution in [-0.4, -0.2) is 51.7 Å². The summed E-state index contributed by atoms with van der Waals surface area (Å²) in [5, 5.41) is 14.3. The molecule has 0 aliphatic heterocycles. The summed E-state index contributed by atoms with van der Waals surface area (Å²) >= 11 is 0. The maximum Gasteiger partial charge on any atom is 0.407 e. The molecule has 4 rings (SSSR count). The predicted molar refractivity (Wildman–Crippen MR) is 124 cm³/mol. The number of aromatic amines is 1. The van der Waals surface area contributed by atoms with Crippen LogP contribution in [0.25, 0.3) is 11.1 Å². The fraction of sp³-hybridized carbons (Fsp3) is 0.280. The summed E-state index contributed by atoms with van der Waals surface area (Å²) in [7, 11) is 0. The van der Waals surface area contributed by atoms with E-state index in [1.165, 1.54) is 12.5 Å². The number of carboxylic acid groups (broad SMARTS) is 1. The number of imidazole rings is 1. The Kier molecular flexibility index (Phi) is 6.91. The molecule has 9 nitrogen and oxygen atoms in total. The summed E-state index contributed by atoms with van der Waals surface area (Å²) < 4.78 is 5.55. The number of aromatic nitrogens is 2. The number of amides is 2. The standard InChI is InChI=1S/C25H26N4O5/c1-2-21(24(31)32)28-23(30)22(11-15-12-26-14-27-15)29-25(33)34-13-20-18-9-5-3-7-16(18)17-8-4-6-10-19(17)20/h3-10,12,14,20-22H,2,11,13H2,1H3,(H,26,27)(H,28,30)(H,29,33)(H,31,32)/t21-,22?/m0/s1. The van der Waals surface area contributed by atoms with Crippen LogP contribution in [0, 0.1) is 0 Å². The Balaban J connectivity index is 1.45. The highest BCUT2D eigenvalue weighted by Crippen LogP contribution is 2.44. The van der Waals surface area contributed by atoms with Crippen molar-refractivity contribution in [2.45, 2.75) is 37.8 Å². The van der Waals surface area contributed by atoms with E-state index in [1.807, 2.05) is 48.5 Å². The molecular formula is C25H26N4O5. The number of rotatable bonds is 9. The Hall–Kier alpha value is -4.14. The SMILES string of the molecule is CC[C@H](NC(=O)C(Cc1cnc[nH]1)NC(=O)OCC1c2ccccc2-c2ccccc21)C(=O)O. The Labute approximate surface area is 196 Å². The third-order valence-electron chi connectivity index (χ3n) is 5.95. The second-order valence-electron chi connectivity index (χ2n) is 8.11. The molecule has 2 aromatic carbocycles. The van der Waals surface area contributed by atoms with Crippen LogP contribution >= 0.6 is 0 Å². The largest absolute Gasteiger partial charge is 0.480 e. The zero-order valence-electron chi connectivity index (χ0n) is 18.7. The number of fused-ring (bicyclic) bond motifs is 3. The van der Waals surface area contributed by atoms with Crippen LogP contribution in [-0.2, 0) is 20.7 Å². The van der Waals surface area contributed by atoms with Gasteiger partial charge in [-0.3, -0.25) is 4.79 Å². The molecule has 2 amide bonds. The summed E-state index contributed by atoms with van der Waals surface area (Å²) in [4.78, 5) is 43.6. The van der Waals surface area contributed by atoms with Crippen LogP contribution in [0.5, 0.6) is 0 Å². The van der Waals surface area contributed by atoms with E-state index in [9.17, 15) is 19.5 Å². The zero-order chi connectivity index (χ0) is 24.1. The summed E-state index contributed by atoms with van der Waals surface area (Å²) in [5.74, 6) is -1.87. The minimum absolute atomic E-state index is 0.102. The molecule has 1 unspecified atom stereocenters. The van der Waals surface area contributed by atoms with Crippen molar-refractivity contribution in [3.63, 3.8) is 0 Å². The second kappa shape index (κ2) is 10.2. The molecule has 1 aromatic heterocycles. The number of alkyl carbamates (subject to hydrolysis) is 1. The van der Waals surface area contributed by atoms with Crippen molar-refractivity contribution in [2.24, 2.45) is 0 Å². The fourth-order valence-corrected chi connectivity index (χ4v) is 4.22. The summed E-state index contributed by atoms with van der Waals surface area (Å²) in [6.07, 6.45) is 2.55. The first kappa shape index (κ1) is 23.0. The molecule has 0 spiro atoms. The monoisotopic (exact) mass is 462 g/mol. The van der Waals surface area contributed by atoms with Crippen molar-refractivity contribution in [1.29, 1.82) is 0 Å². The average Bonchev–Trinajstić information content (AvgIpc) is 3.46. The predicted octanol–water partition coefficient (Wildman–Crippen LogP) is 2.84. The maximum atomic E-state index is 12.8. The zero-order valence-corrected chi connectivity index (χ0v) is 18.7. The van der Waals surface area contributed by atoms with Gasteiger partial charge in [-0.15, -0.1) is 0 Å². The number of nitrogens with one attached hydrogen (secondary N) is 3. The van der Waals surface area contributed by atoms with Gasteiger partial charge < -0.3 is 25.5 Å². The number of hydrogen-bond donors (Lipinski definition) is 4. The van der Waals surface area contributed by atoms with Gasteiger partial charge in [-0.1, -0.05) is 55.5 Å². The van der Waals surface area contributed by atoms with Crippen molar-refractivity contribution in [1.82, 2.24) is 20.6 Å². The highest BCUT2D eigenvalue weighted by atomic mass is 16.5. The molecule has 1 aliphatic carbocycles. The van der Waals surface area contributed by atoms with Crippen LogP contribution in [0.3, 0.4) is 0 Å². The fourth-order valence-electron chi connectivity index (χ4n) is 4.22. The van der Waals surface area contributed by atoms with E-state index in [0.717, 1.165) is 22.3 Å². The molecular weight excluding hydrogens is 436 g/mol. The average molecular weight is 463 g/mol. The van der Waals surface area contributed by atoms with Gasteiger partial charge in [0.2, 0.25) is 5.91 Å². The molecule has 34 heavy (non-hydrogen) atoms. The van der Waals surface area contributed by atoms with E-state index in [1.54, 1.807) is 6.92 Å². The van der Waals surface area contributed by atoms with Gasteiger partial charge >= 0.3 is 12.1 Å². The lowest BCUT2D eigenvalue weighted by molar-refractivity contribution is -0.142. The Morgan fingerprint density at radius 3 is 2.24 bits per heavy atom. The molecule has 1 heterocycles. The first-order valence-corrected chi connectivity index (χ1v) is 11.1. The number of benzene rings is 2. The van der Waals surface area contributed by atoms with E-state index in [4.69, 9.17) is 4.74 Å². The van der Waals surface area contributed by atoms with E-state index in [2.05, 4.69) is 20.6 Å². The van der Waals surface area contributed by atoms with E-state index >= 15 is 0 Å². The molecule has 0 bridgehead atoms. The molecule has 4 N–H and O–H groups in total. The molecule has 2 atom stereocenters. The summed E-state index contributed by atoms with van der Waals surface area (Å²) in [6.45, 7) is 1.76. The van der Waals surface area contributed by atoms with Crippen LogP contribution in [0.2, 0.25) is 0 Å². The van der Waals surface area contributed by atoms with E-state index in [0.29, 0.717) is 5.69 Å². The van der Waals surface area contributed by atoms with Crippen LogP contribution in [0.4, 0.5) is 4.79 Å². The van der Waals surface area contributed by atoms with Crippen molar-refractivity contribution in [2.75, 3.05) is 6.61 Å². The normalized spacial score (nSPS) is 13.9. The highest BCUT2D eigenvalue weighted by Gasteiger charge is 2.30. The second-order valence-corrected chi connectivity index (χ2v) is 8.11. The Bertz CT molecular complexity index is 1130. The summed E-state index contributed by atoms with van der Waals surface area (Å²) in [5.41, 5.74) is 5.00. The van der Waals surface area contributed by atoms with Gasteiger partial charge in [0, 0.05) is 24.2 Å². The molecule has 0 saturated heterocycles. The first-order valence-electron chi connectivity index (χ1n) is 11.1. The van der Waals surface area contributed by atoms with Crippen molar-refractivity contribution in [3.05, 3.63) is 77.9 Å². The first-order chi connectivity index (χ1) is 16.5. The third kappa shape index (κ3) is 4.93. The van der Waals surface area contributed by atoms with Gasteiger partial charge in [0.25, 0.3) is 0 Å². The number of carboxylic acids is 1. The summed E-state index contributed by atoms with van der Waals surface area (Å²) in [6, 6.07) is 13.9. The van der Waals surface area contributed by atoms with Crippen molar-refractivity contribution < 1.29 is 24.2 Å². The third-order valence-corrected chi connectivity index (χ3v) is 5.95. The van der Waals surface area contributed by atoms with Gasteiger partial charge in [-0.2, -0.15) is 0 Å². The molecule has 3 aromatic rings. The van der Waals surface area contributed by atoms with Crippen LogP contribution in [0.1, 0.15) is 36.1 Å². The lowest BCUT2D eigenvalue weighted by atomic mass is 9.98. The van der Waals surface area contributed by atoms with Gasteiger partial charge in [-0.05, 0) is 28.7 Å². The quantitative estimate of drug-likeness (QED) is 0.386. The maximum absolute atomic E-state index is 12.8. The van der Waals surface area contributed by atoms with Gasteiger partial charge in [-0.25, -0.2) is 14.6 Å². The van der Waals surface area contributed by atoms with E-state index in [-0.39, 0.29) is 25.4 Å². The highest BCUT2D eigenvalue weighted by molar-refractivity contribution is 5.89. The Morgan fingerprint density at radius 2 is 1.68 bits per heavy atom. The smallest absolute Gasteiger partial charge is 0.407 e. The molecule has 0 saturated carbocycles. The van der Waals surface area contributed by atoms with Gasteiger partial charge in [0.1, 0.15) is 18.7 Å². The molecule has 1 aliphatic rings. The molecule has 0 fully saturated rings. The molecule has 9 heteroatoms. The number of H-pyrrole nitrogens is 1. The van der Waals surface area contributed by atoms with Gasteiger partial charge in [0.15, 0.2) is 0 Å². The number of aliphatic carboxylic acids is 1.